The van der Waals surface area contributed by atoms with Crippen LogP contribution in [-0.2, 0) is 9.53 Å². The van der Waals surface area contributed by atoms with Gasteiger partial charge in [0.05, 0.1) is 12.0 Å². The Kier molecular flexibility index (Phi) is 5.76. The second kappa shape index (κ2) is 6.60. The Morgan fingerprint density at radius 2 is 2.25 bits per heavy atom. The topological polar surface area (TPSA) is 38.3 Å². The number of nitrogens with one attached hydrogen (secondary N) is 1. The average Bonchev–Trinajstić information content (AvgIpc) is 2.72. The van der Waals surface area contributed by atoms with Crippen molar-refractivity contribution in [1.82, 2.24) is 5.32 Å². The highest BCUT2D eigenvalue weighted by atomic mass is 79.9. The second-order valence-corrected chi connectivity index (χ2v) is 5.37. The molecule has 1 N–H and O–H groups in total. The molecule has 1 fully saturated rings. The van der Waals surface area contributed by atoms with Gasteiger partial charge in [-0.2, -0.15) is 0 Å². The number of hydrogen-bond donors (Lipinski definition) is 1. The zero-order valence-corrected chi connectivity index (χ0v) is 11.9. The number of alkyl halides is 1. The summed E-state index contributed by atoms with van der Waals surface area (Å²) in [5, 5.41) is 3.91. The third-order valence-electron chi connectivity index (χ3n) is 3.25. The zero-order chi connectivity index (χ0) is 12.1. The molecule has 1 saturated heterocycles. The predicted octanol–water partition coefficient (Wildman–Crippen LogP) is 2.34. The van der Waals surface area contributed by atoms with E-state index in [9.17, 15) is 4.79 Å². The SMILES string of the molecule is CCC1OCCC1C(=O)NC(CBr)C(C)C. The van der Waals surface area contributed by atoms with E-state index in [2.05, 4.69) is 42.0 Å². The Hall–Kier alpha value is -0.0900. The zero-order valence-electron chi connectivity index (χ0n) is 10.3. The number of carbonyl (C=O) groups is 1. The van der Waals surface area contributed by atoms with Crippen LogP contribution in [0.3, 0.4) is 0 Å². The quantitative estimate of drug-likeness (QED) is 0.790. The van der Waals surface area contributed by atoms with Crippen molar-refractivity contribution in [3.8, 4) is 0 Å². The Bertz CT molecular complexity index is 233. The van der Waals surface area contributed by atoms with Gasteiger partial charge >= 0.3 is 0 Å². The van der Waals surface area contributed by atoms with Crippen LogP contribution in [0.5, 0.6) is 0 Å². The summed E-state index contributed by atoms with van der Waals surface area (Å²) in [6.45, 7) is 7.03. The molecule has 1 aliphatic rings. The summed E-state index contributed by atoms with van der Waals surface area (Å²) in [5.41, 5.74) is 0. The van der Waals surface area contributed by atoms with Gasteiger partial charge in [0.1, 0.15) is 0 Å². The van der Waals surface area contributed by atoms with Crippen LogP contribution < -0.4 is 5.32 Å². The Morgan fingerprint density at radius 1 is 1.56 bits per heavy atom. The van der Waals surface area contributed by atoms with Gasteiger partial charge in [-0.25, -0.2) is 0 Å². The van der Waals surface area contributed by atoms with Crippen LogP contribution in [0.2, 0.25) is 0 Å². The van der Waals surface area contributed by atoms with Crippen molar-refractivity contribution >= 4 is 21.8 Å². The van der Waals surface area contributed by atoms with Crippen LogP contribution >= 0.6 is 15.9 Å². The van der Waals surface area contributed by atoms with E-state index in [0.29, 0.717) is 5.92 Å². The van der Waals surface area contributed by atoms with E-state index in [1.165, 1.54) is 0 Å². The number of halogens is 1. The molecule has 0 aromatic heterocycles. The molecule has 1 amide bonds. The maximum absolute atomic E-state index is 12.1. The van der Waals surface area contributed by atoms with Gasteiger partial charge in [-0.3, -0.25) is 4.79 Å². The molecule has 3 atom stereocenters. The van der Waals surface area contributed by atoms with Gasteiger partial charge in [0.25, 0.3) is 0 Å². The highest BCUT2D eigenvalue weighted by molar-refractivity contribution is 9.09. The smallest absolute Gasteiger partial charge is 0.226 e. The molecular weight excluding hydrogens is 270 g/mol. The fourth-order valence-electron chi connectivity index (χ4n) is 2.02. The average molecular weight is 292 g/mol. The molecule has 1 heterocycles. The van der Waals surface area contributed by atoms with E-state index < -0.39 is 0 Å². The van der Waals surface area contributed by atoms with E-state index in [0.717, 1.165) is 24.8 Å². The van der Waals surface area contributed by atoms with Crippen LogP contribution in [0.4, 0.5) is 0 Å². The molecule has 0 saturated carbocycles. The molecule has 1 aliphatic heterocycles. The van der Waals surface area contributed by atoms with Crippen LogP contribution in [-0.4, -0.2) is 30.0 Å². The third-order valence-corrected chi connectivity index (χ3v) is 3.94. The molecule has 3 unspecified atom stereocenters. The van der Waals surface area contributed by atoms with Crippen LogP contribution in [0.1, 0.15) is 33.6 Å². The molecule has 16 heavy (non-hydrogen) atoms. The predicted molar refractivity (Wildman–Crippen MR) is 68.7 cm³/mol. The summed E-state index contributed by atoms with van der Waals surface area (Å²) < 4.78 is 5.54. The number of ether oxygens (including phenoxy) is 1. The standard InChI is InChI=1S/C12H22BrNO2/c1-4-11-9(5-6-16-11)12(15)14-10(7-13)8(2)3/h8-11H,4-7H2,1-3H3,(H,14,15). The van der Waals surface area contributed by atoms with Crippen molar-refractivity contribution in [2.24, 2.45) is 11.8 Å². The van der Waals surface area contributed by atoms with Crippen LogP contribution in [0.25, 0.3) is 0 Å². The Balaban J connectivity index is 2.50. The monoisotopic (exact) mass is 291 g/mol. The first-order valence-corrected chi connectivity index (χ1v) is 7.20. The second-order valence-electron chi connectivity index (χ2n) is 4.73. The van der Waals surface area contributed by atoms with E-state index >= 15 is 0 Å². The summed E-state index contributed by atoms with van der Waals surface area (Å²) in [7, 11) is 0. The summed E-state index contributed by atoms with van der Waals surface area (Å²) in [6, 6.07) is 0.214. The number of rotatable bonds is 5. The number of hydrogen-bond acceptors (Lipinski definition) is 2. The van der Waals surface area contributed by atoms with Gasteiger partial charge in [-0.1, -0.05) is 36.7 Å². The molecule has 0 aromatic rings. The lowest BCUT2D eigenvalue weighted by Crippen LogP contribution is -2.44. The minimum absolute atomic E-state index is 0.0466. The fourth-order valence-corrected chi connectivity index (χ4v) is 2.93. The summed E-state index contributed by atoms with van der Waals surface area (Å²) >= 11 is 3.44. The van der Waals surface area contributed by atoms with Crippen molar-refractivity contribution < 1.29 is 9.53 Å². The molecule has 4 heteroatoms. The molecule has 1 rings (SSSR count). The Labute approximate surface area is 106 Å². The molecule has 0 aromatic carbocycles. The molecule has 0 aliphatic carbocycles. The molecule has 0 bridgehead atoms. The fraction of sp³-hybridized carbons (Fsp3) is 0.917. The van der Waals surface area contributed by atoms with Crippen molar-refractivity contribution in [3.05, 3.63) is 0 Å². The lowest BCUT2D eigenvalue weighted by atomic mass is 9.97. The minimum Gasteiger partial charge on any atom is -0.377 e. The van der Waals surface area contributed by atoms with Crippen molar-refractivity contribution in [2.45, 2.75) is 45.8 Å². The summed E-state index contributed by atoms with van der Waals surface area (Å²) in [5.74, 6) is 0.651. The van der Waals surface area contributed by atoms with Crippen molar-refractivity contribution in [3.63, 3.8) is 0 Å². The van der Waals surface area contributed by atoms with E-state index in [1.54, 1.807) is 0 Å². The highest BCUT2D eigenvalue weighted by Gasteiger charge is 2.33. The maximum Gasteiger partial charge on any atom is 0.226 e. The van der Waals surface area contributed by atoms with Gasteiger partial charge in [0, 0.05) is 18.0 Å². The van der Waals surface area contributed by atoms with E-state index in [-0.39, 0.29) is 24.0 Å². The summed E-state index contributed by atoms with van der Waals surface area (Å²) in [6.07, 6.45) is 1.89. The normalized spacial score (nSPS) is 27.1. The molecule has 94 valence electrons. The molecular formula is C12H22BrNO2. The summed E-state index contributed by atoms with van der Waals surface area (Å²) in [4.78, 5) is 12.1. The van der Waals surface area contributed by atoms with Crippen molar-refractivity contribution in [2.75, 3.05) is 11.9 Å². The number of carbonyl (C=O) groups excluding carboxylic acids is 1. The molecule has 3 nitrogen and oxygen atoms in total. The minimum atomic E-state index is 0.0466. The lowest BCUT2D eigenvalue weighted by Gasteiger charge is -2.23. The lowest BCUT2D eigenvalue weighted by molar-refractivity contribution is -0.127. The molecule has 0 spiro atoms. The van der Waals surface area contributed by atoms with Gasteiger partial charge in [-0.15, -0.1) is 0 Å². The van der Waals surface area contributed by atoms with Gasteiger partial charge < -0.3 is 10.1 Å². The van der Waals surface area contributed by atoms with E-state index in [4.69, 9.17) is 4.74 Å². The van der Waals surface area contributed by atoms with Gasteiger partial charge in [-0.05, 0) is 18.8 Å². The highest BCUT2D eigenvalue weighted by Crippen LogP contribution is 2.24. The first-order chi connectivity index (χ1) is 7.60. The number of amides is 1. The van der Waals surface area contributed by atoms with Crippen LogP contribution in [0.15, 0.2) is 0 Å². The third kappa shape index (κ3) is 3.45. The Morgan fingerprint density at radius 3 is 2.75 bits per heavy atom. The van der Waals surface area contributed by atoms with Gasteiger partial charge in [0.15, 0.2) is 0 Å². The van der Waals surface area contributed by atoms with Crippen molar-refractivity contribution in [1.29, 1.82) is 0 Å². The first kappa shape index (κ1) is 14.0. The molecule has 0 radical (unpaired) electrons. The van der Waals surface area contributed by atoms with E-state index in [1.807, 2.05) is 0 Å². The first-order valence-electron chi connectivity index (χ1n) is 6.08. The van der Waals surface area contributed by atoms with Gasteiger partial charge in [0.2, 0.25) is 5.91 Å². The van der Waals surface area contributed by atoms with Crippen LogP contribution in [0, 0.1) is 11.8 Å². The maximum atomic E-state index is 12.1. The largest absolute Gasteiger partial charge is 0.377 e.